The second-order valence-electron chi connectivity index (χ2n) is 6.30. The summed E-state index contributed by atoms with van der Waals surface area (Å²) in [6.07, 6.45) is 0.567. The highest BCUT2D eigenvalue weighted by Crippen LogP contribution is 2.19. The first-order valence-corrected chi connectivity index (χ1v) is 8.23. The molecule has 9 heteroatoms. The summed E-state index contributed by atoms with van der Waals surface area (Å²) in [5.41, 5.74) is 0. The zero-order valence-corrected chi connectivity index (χ0v) is 14.3. The Morgan fingerprint density at radius 1 is 1.28 bits per heavy atom. The van der Waals surface area contributed by atoms with E-state index in [1.54, 1.807) is 0 Å². The SMILES string of the molecule is CC(C)C[C@H](NC(=O)OC1CCOCC1)C(=O)On1c(O)ccc1O. The molecule has 1 saturated heterocycles. The average Bonchev–Trinajstić information content (AvgIpc) is 2.86. The van der Waals surface area contributed by atoms with E-state index in [2.05, 4.69) is 5.32 Å². The van der Waals surface area contributed by atoms with E-state index in [1.807, 2.05) is 13.8 Å². The number of aromatic nitrogens is 1. The van der Waals surface area contributed by atoms with Crippen LogP contribution in [0.1, 0.15) is 33.1 Å². The molecule has 1 amide bonds. The number of aromatic hydroxyl groups is 2. The van der Waals surface area contributed by atoms with Crippen LogP contribution in [0.25, 0.3) is 0 Å². The van der Waals surface area contributed by atoms with Crippen LogP contribution in [0.5, 0.6) is 11.8 Å². The fraction of sp³-hybridized carbons (Fsp3) is 0.625. The molecule has 1 aliphatic heterocycles. The molecule has 1 aliphatic rings. The highest BCUT2D eigenvalue weighted by molar-refractivity contribution is 5.81. The maximum Gasteiger partial charge on any atom is 0.408 e. The maximum absolute atomic E-state index is 12.3. The van der Waals surface area contributed by atoms with Gasteiger partial charge < -0.3 is 29.8 Å². The number of amides is 1. The molecule has 1 aromatic rings. The van der Waals surface area contributed by atoms with Crippen molar-refractivity contribution in [3.63, 3.8) is 0 Å². The molecular weight excluding hydrogens is 332 g/mol. The van der Waals surface area contributed by atoms with Gasteiger partial charge in [0.15, 0.2) is 0 Å². The summed E-state index contributed by atoms with van der Waals surface area (Å²) in [7, 11) is 0. The van der Waals surface area contributed by atoms with Crippen LogP contribution >= 0.6 is 0 Å². The van der Waals surface area contributed by atoms with Gasteiger partial charge in [-0.25, -0.2) is 9.59 Å². The quantitative estimate of drug-likeness (QED) is 0.700. The Morgan fingerprint density at radius 2 is 1.88 bits per heavy atom. The molecule has 9 nitrogen and oxygen atoms in total. The summed E-state index contributed by atoms with van der Waals surface area (Å²) in [6.45, 7) is 4.83. The predicted octanol–water partition coefficient (Wildman–Crippen LogP) is 1.17. The lowest BCUT2D eigenvalue weighted by atomic mass is 10.0. The minimum absolute atomic E-state index is 0.0905. The molecule has 0 aliphatic carbocycles. The fourth-order valence-electron chi connectivity index (χ4n) is 2.46. The molecule has 1 fully saturated rings. The lowest BCUT2D eigenvalue weighted by molar-refractivity contribution is -0.148. The zero-order chi connectivity index (χ0) is 18.4. The van der Waals surface area contributed by atoms with Gasteiger partial charge in [0.2, 0.25) is 11.8 Å². The van der Waals surface area contributed by atoms with Gasteiger partial charge in [0.1, 0.15) is 12.1 Å². The lowest BCUT2D eigenvalue weighted by Crippen LogP contribution is -2.46. The lowest BCUT2D eigenvalue weighted by Gasteiger charge is -2.24. The van der Waals surface area contributed by atoms with Crippen molar-refractivity contribution in [2.75, 3.05) is 13.2 Å². The van der Waals surface area contributed by atoms with E-state index in [0.29, 0.717) is 37.2 Å². The van der Waals surface area contributed by atoms with Crippen LogP contribution in [0.3, 0.4) is 0 Å². The Balaban J connectivity index is 1.96. The number of nitrogens with one attached hydrogen (secondary N) is 1. The molecule has 1 aromatic heterocycles. The molecule has 0 radical (unpaired) electrons. The second kappa shape index (κ2) is 8.61. The third-order valence-corrected chi connectivity index (χ3v) is 3.70. The summed E-state index contributed by atoms with van der Waals surface area (Å²) < 4.78 is 11.1. The van der Waals surface area contributed by atoms with Crippen molar-refractivity contribution >= 4 is 12.1 Å². The van der Waals surface area contributed by atoms with E-state index >= 15 is 0 Å². The Labute approximate surface area is 145 Å². The monoisotopic (exact) mass is 356 g/mol. The third kappa shape index (κ3) is 5.56. The van der Waals surface area contributed by atoms with Gasteiger partial charge in [-0.3, -0.25) is 0 Å². The second-order valence-corrected chi connectivity index (χ2v) is 6.30. The molecule has 0 aromatic carbocycles. The number of ether oxygens (including phenoxy) is 2. The van der Waals surface area contributed by atoms with Crippen molar-refractivity contribution in [1.29, 1.82) is 0 Å². The van der Waals surface area contributed by atoms with Gasteiger partial charge in [-0.2, -0.15) is 0 Å². The van der Waals surface area contributed by atoms with Crippen LogP contribution in [0.4, 0.5) is 4.79 Å². The van der Waals surface area contributed by atoms with Gasteiger partial charge >= 0.3 is 12.1 Å². The molecule has 1 atom stereocenters. The van der Waals surface area contributed by atoms with Crippen molar-refractivity contribution in [3.8, 4) is 11.8 Å². The number of hydrogen-bond acceptors (Lipinski definition) is 7. The van der Waals surface area contributed by atoms with Gasteiger partial charge in [-0.15, -0.1) is 4.73 Å². The predicted molar refractivity (Wildman–Crippen MR) is 86.0 cm³/mol. The fourth-order valence-corrected chi connectivity index (χ4v) is 2.46. The van der Waals surface area contributed by atoms with Crippen LogP contribution < -0.4 is 10.2 Å². The molecule has 140 valence electrons. The number of hydrogen-bond donors (Lipinski definition) is 3. The molecule has 0 saturated carbocycles. The first-order chi connectivity index (χ1) is 11.9. The van der Waals surface area contributed by atoms with Crippen molar-refractivity contribution in [2.45, 2.75) is 45.3 Å². The number of carbonyl (C=O) groups is 2. The highest BCUT2D eigenvalue weighted by atomic mass is 16.7. The van der Waals surface area contributed by atoms with E-state index in [4.69, 9.17) is 14.3 Å². The van der Waals surface area contributed by atoms with Crippen LogP contribution in [-0.2, 0) is 14.3 Å². The van der Waals surface area contributed by atoms with Crippen LogP contribution in [0.15, 0.2) is 12.1 Å². The molecule has 0 bridgehead atoms. The Bertz CT molecular complexity index is 574. The topological polar surface area (TPSA) is 119 Å². The summed E-state index contributed by atoms with van der Waals surface area (Å²) in [6, 6.07) is 1.37. The first-order valence-electron chi connectivity index (χ1n) is 8.23. The van der Waals surface area contributed by atoms with Crippen molar-refractivity contribution < 1.29 is 34.1 Å². The summed E-state index contributed by atoms with van der Waals surface area (Å²) in [5.74, 6) is -1.59. The Hall–Kier alpha value is -2.42. The van der Waals surface area contributed by atoms with Gasteiger partial charge in [0.05, 0.1) is 13.2 Å². The van der Waals surface area contributed by atoms with Crippen molar-refractivity contribution in [2.24, 2.45) is 5.92 Å². The summed E-state index contributed by atoms with van der Waals surface area (Å²) in [4.78, 5) is 29.3. The van der Waals surface area contributed by atoms with Crippen LogP contribution in [-0.4, -0.2) is 52.4 Å². The maximum atomic E-state index is 12.3. The molecule has 0 spiro atoms. The minimum atomic E-state index is -0.978. The van der Waals surface area contributed by atoms with Crippen LogP contribution in [0.2, 0.25) is 0 Å². The number of carbonyl (C=O) groups excluding carboxylic acids is 2. The van der Waals surface area contributed by atoms with E-state index in [1.165, 1.54) is 12.1 Å². The minimum Gasteiger partial charge on any atom is -0.492 e. The van der Waals surface area contributed by atoms with Gasteiger partial charge in [0.25, 0.3) is 0 Å². The van der Waals surface area contributed by atoms with E-state index < -0.39 is 29.9 Å². The van der Waals surface area contributed by atoms with Gasteiger partial charge in [-0.05, 0) is 12.3 Å². The molecule has 3 N–H and O–H groups in total. The Morgan fingerprint density at radius 3 is 2.44 bits per heavy atom. The smallest absolute Gasteiger partial charge is 0.408 e. The van der Waals surface area contributed by atoms with E-state index in [-0.39, 0.29) is 12.0 Å². The standard InChI is InChI=1S/C16H24N2O7/c1-10(2)9-12(15(21)25-18-13(19)3-4-14(18)20)17-16(22)24-11-5-7-23-8-6-11/h3-4,10-12,19-20H,5-9H2,1-2H3,(H,17,22)/t12-/m0/s1. The third-order valence-electron chi connectivity index (χ3n) is 3.70. The van der Waals surface area contributed by atoms with Crippen molar-refractivity contribution in [3.05, 3.63) is 12.1 Å². The zero-order valence-electron chi connectivity index (χ0n) is 14.3. The molecular formula is C16H24N2O7. The Kier molecular flexibility index (Phi) is 6.51. The number of nitrogens with zero attached hydrogens (tertiary/aromatic N) is 1. The van der Waals surface area contributed by atoms with Crippen LogP contribution in [0, 0.1) is 5.92 Å². The summed E-state index contributed by atoms with van der Waals surface area (Å²) in [5, 5.41) is 21.6. The molecule has 2 rings (SSSR count). The molecule has 2 heterocycles. The normalized spacial score (nSPS) is 16.4. The van der Waals surface area contributed by atoms with E-state index in [9.17, 15) is 19.8 Å². The number of rotatable bonds is 6. The molecule has 25 heavy (non-hydrogen) atoms. The largest absolute Gasteiger partial charge is 0.492 e. The molecule has 0 unspecified atom stereocenters. The first kappa shape index (κ1) is 18.9. The average molecular weight is 356 g/mol. The van der Waals surface area contributed by atoms with E-state index in [0.717, 1.165) is 0 Å². The highest BCUT2D eigenvalue weighted by Gasteiger charge is 2.28. The van der Waals surface area contributed by atoms with Gasteiger partial charge in [-0.1, -0.05) is 13.8 Å². The van der Waals surface area contributed by atoms with Gasteiger partial charge in [0, 0.05) is 25.0 Å². The number of alkyl carbamates (subject to hydrolysis) is 1. The van der Waals surface area contributed by atoms with Crippen molar-refractivity contribution in [1.82, 2.24) is 10.0 Å². The summed E-state index contributed by atoms with van der Waals surface area (Å²) >= 11 is 0.